The SMILES string of the molecule is O=C(CNC(=O)Nc1ccc(SC(F)(F)F)cc1)Nc1ccc(F)cc1. The Morgan fingerprint density at radius 1 is 0.885 bits per heavy atom. The molecule has 26 heavy (non-hydrogen) atoms. The average Bonchev–Trinajstić information content (AvgIpc) is 2.56. The highest BCUT2D eigenvalue weighted by Gasteiger charge is 2.29. The molecule has 2 aromatic rings. The zero-order valence-electron chi connectivity index (χ0n) is 13.1. The van der Waals surface area contributed by atoms with Crippen LogP contribution in [0.25, 0.3) is 0 Å². The second-order valence-corrected chi connectivity index (χ2v) is 6.07. The van der Waals surface area contributed by atoms with Crippen LogP contribution in [-0.2, 0) is 4.79 Å². The van der Waals surface area contributed by atoms with Crippen LogP contribution in [0.5, 0.6) is 0 Å². The van der Waals surface area contributed by atoms with E-state index >= 15 is 0 Å². The van der Waals surface area contributed by atoms with Crippen molar-refractivity contribution >= 4 is 35.1 Å². The van der Waals surface area contributed by atoms with Crippen molar-refractivity contribution in [3.8, 4) is 0 Å². The third-order valence-corrected chi connectivity index (χ3v) is 3.62. The minimum absolute atomic E-state index is 0.0119. The molecule has 0 aliphatic rings. The lowest BCUT2D eigenvalue weighted by Gasteiger charge is -2.09. The van der Waals surface area contributed by atoms with Crippen LogP contribution < -0.4 is 16.0 Å². The standard InChI is InChI=1S/C16H13F4N3O2S/c17-10-1-3-11(4-2-10)22-14(24)9-21-15(25)23-12-5-7-13(8-6-12)26-16(18,19)20/h1-8H,9H2,(H,22,24)(H2,21,23,25). The number of nitrogens with one attached hydrogen (secondary N) is 3. The van der Waals surface area contributed by atoms with Gasteiger partial charge in [-0.2, -0.15) is 13.2 Å². The molecule has 3 N–H and O–H groups in total. The van der Waals surface area contributed by atoms with Gasteiger partial charge < -0.3 is 16.0 Å². The van der Waals surface area contributed by atoms with Gasteiger partial charge in [-0.05, 0) is 60.3 Å². The molecule has 0 heterocycles. The van der Waals surface area contributed by atoms with Gasteiger partial charge in [-0.15, -0.1) is 0 Å². The predicted octanol–water partition coefficient (Wildman–Crippen LogP) is 4.20. The summed E-state index contributed by atoms with van der Waals surface area (Å²) in [6.07, 6.45) is 0. The van der Waals surface area contributed by atoms with Gasteiger partial charge in [0.25, 0.3) is 0 Å². The first-order chi connectivity index (χ1) is 12.2. The lowest BCUT2D eigenvalue weighted by molar-refractivity contribution is -0.115. The van der Waals surface area contributed by atoms with Gasteiger partial charge in [0.05, 0.1) is 6.54 Å². The third kappa shape index (κ3) is 7.01. The fourth-order valence-electron chi connectivity index (χ4n) is 1.81. The zero-order valence-corrected chi connectivity index (χ0v) is 13.9. The van der Waals surface area contributed by atoms with Gasteiger partial charge in [-0.3, -0.25) is 4.79 Å². The van der Waals surface area contributed by atoms with Crippen LogP contribution in [0.4, 0.5) is 33.7 Å². The monoisotopic (exact) mass is 387 g/mol. The fraction of sp³-hybridized carbons (Fsp3) is 0.125. The summed E-state index contributed by atoms with van der Waals surface area (Å²) in [6.45, 7) is -0.342. The summed E-state index contributed by atoms with van der Waals surface area (Å²) in [5, 5.41) is 7.14. The van der Waals surface area contributed by atoms with Crippen LogP contribution in [0.15, 0.2) is 53.4 Å². The molecule has 0 spiro atoms. The maximum Gasteiger partial charge on any atom is 0.446 e. The first-order valence-corrected chi connectivity index (χ1v) is 7.99. The molecule has 0 unspecified atom stereocenters. The number of alkyl halides is 3. The second-order valence-electron chi connectivity index (χ2n) is 4.93. The molecule has 0 aliphatic heterocycles. The highest BCUT2D eigenvalue weighted by molar-refractivity contribution is 8.00. The summed E-state index contributed by atoms with van der Waals surface area (Å²) in [6, 6.07) is 9.45. The maximum atomic E-state index is 12.8. The molecule has 0 fully saturated rings. The molecule has 0 saturated carbocycles. The molecular weight excluding hydrogens is 374 g/mol. The number of amides is 3. The maximum absolute atomic E-state index is 12.8. The minimum atomic E-state index is -4.38. The predicted molar refractivity (Wildman–Crippen MR) is 90.4 cm³/mol. The highest BCUT2D eigenvalue weighted by atomic mass is 32.2. The van der Waals surface area contributed by atoms with Crippen molar-refractivity contribution in [3.05, 3.63) is 54.3 Å². The number of thioether (sulfide) groups is 1. The molecule has 0 atom stereocenters. The van der Waals surface area contributed by atoms with E-state index < -0.39 is 23.3 Å². The number of hydrogen-bond donors (Lipinski definition) is 3. The summed E-state index contributed by atoms with van der Waals surface area (Å²) in [4.78, 5) is 23.4. The van der Waals surface area contributed by atoms with Crippen LogP contribution in [0.1, 0.15) is 0 Å². The van der Waals surface area contributed by atoms with E-state index in [0.717, 1.165) is 0 Å². The first kappa shape index (κ1) is 19.6. The van der Waals surface area contributed by atoms with Crippen LogP contribution in [0.3, 0.4) is 0 Å². The number of anilines is 2. The van der Waals surface area contributed by atoms with Gasteiger partial charge in [0.1, 0.15) is 5.82 Å². The van der Waals surface area contributed by atoms with Crippen LogP contribution >= 0.6 is 11.8 Å². The minimum Gasteiger partial charge on any atom is -0.329 e. The van der Waals surface area contributed by atoms with Gasteiger partial charge in [-0.25, -0.2) is 9.18 Å². The molecule has 2 rings (SSSR count). The molecule has 2 aromatic carbocycles. The Morgan fingerprint density at radius 2 is 1.42 bits per heavy atom. The van der Waals surface area contributed by atoms with Gasteiger partial charge in [0, 0.05) is 16.3 Å². The molecule has 3 amide bonds. The topological polar surface area (TPSA) is 70.2 Å². The van der Waals surface area contributed by atoms with Crippen LogP contribution in [-0.4, -0.2) is 24.0 Å². The molecule has 138 valence electrons. The van der Waals surface area contributed by atoms with Crippen LogP contribution in [0, 0.1) is 5.82 Å². The molecule has 0 aromatic heterocycles. The van der Waals surface area contributed by atoms with E-state index in [-0.39, 0.29) is 28.9 Å². The number of rotatable bonds is 5. The lowest BCUT2D eigenvalue weighted by Crippen LogP contribution is -2.35. The number of urea groups is 1. The summed E-state index contributed by atoms with van der Waals surface area (Å²) in [7, 11) is 0. The van der Waals surface area contributed by atoms with Gasteiger partial charge in [0.15, 0.2) is 0 Å². The number of benzene rings is 2. The van der Waals surface area contributed by atoms with E-state index in [0.29, 0.717) is 5.69 Å². The molecule has 0 bridgehead atoms. The Bertz CT molecular complexity index is 765. The van der Waals surface area contributed by atoms with Crippen molar-refractivity contribution in [3.63, 3.8) is 0 Å². The highest BCUT2D eigenvalue weighted by Crippen LogP contribution is 2.36. The number of halogens is 4. The van der Waals surface area contributed by atoms with Crippen molar-refractivity contribution in [2.24, 2.45) is 0 Å². The summed E-state index contributed by atoms with van der Waals surface area (Å²) >= 11 is -0.260. The van der Waals surface area contributed by atoms with Crippen molar-refractivity contribution in [2.75, 3.05) is 17.2 Å². The Balaban J connectivity index is 1.77. The van der Waals surface area contributed by atoms with Gasteiger partial charge >= 0.3 is 11.5 Å². The number of hydrogen-bond acceptors (Lipinski definition) is 3. The summed E-state index contributed by atoms with van der Waals surface area (Å²) in [5.41, 5.74) is -3.74. The second kappa shape index (κ2) is 8.56. The molecule has 0 radical (unpaired) electrons. The number of carbonyl (C=O) groups excluding carboxylic acids is 2. The van der Waals surface area contributed by atoms with E-state index in [9.17, 15) is 27.2 Å². The quantitative estimate of drug-likeness (QED) is 0.532. The van der Waals surface area contributed by atoms with Crippen molar-refractivity contribution in [2.45, 2.75) is 10.4 Å². The summed E-state index contributed by atoms with van der Waals surface area (Å²) in [5.74, 6) is -0.969. The molecule has 0 saturated heterocycles. The molecule has 0 aliphatic carbocycles. The largest absolute Gasteiger partial charge is 0.446 e. The van der Waals surface area contributed by atoms with E-state index in [2.05, 4.69) is 16.0 Å². The van der Waals surface area contributed by atoms with Crippen molar-refractivity contribution in [1.29, 1.82) is 0 Å². The normalized spacial score (nSPS) is 10.9. The Kier molecular flexibility index (Phi) is 6.45. The lowest BCUT2D eigenvalue weighted by atomic mass is 10.3. The van der Waals surface area contributed by atoms with Gasteiger partial charge in [0.2, 0.25) is 5.91 Å². The smallest absolute Gasteiger partial charge is 0.329 e. The Morgan fingerprint density at radius 3 is 2.00 bits per heavy atom. The average molecular weight is 387 g/mol. The van der Waals surface area contributed by atoms with E-state index in [1.807, 2.05) is 0 Å². The Labute approximate surface area is 150 Å². The summed E-state index contributed by atoms with van der Waals surface area (Å²) < 4.78 is 49.4. The molecule has 5 nitrogen and oxygen atoms in total. The molecular formula is C16H13F4N3O2S. The Hall–Kier alpha value is -2.75. The third-order valence-electron chi connectivity index (χ3n) is 2.88. The van der Waals surface area contributed by atoms with E-state index in [1.54, 1.807) is 0 Å². The van der Waals surface area contributed by atoms with Gasteiger partial charge in [-0.1, -0.05) is 0 Å². The van der Waals surface area contributed by atoms with Crippen LogP contribution in [0.2, 0.25) is 0 Å². The van der Waals surface area contributed by atoms with E-state index in [4.69, 9.17) is 0 Å². The zero-order chi connectivity index (χ0) is 19.2. The fourth-order valence-corrected chi connectivity index (χ4v) is 2.35. The number of carbonyl (C=O) groups is 2. The molecule has 10 heteroatoms. The first-order valence-electron chi connectivity index (χ1n) is 7.17. The van der Waals surface area contributed by atoms with Crippen molar-refractivity contribution in [1.82, 2.24) is 5.32 Å². The van der Waals surface area contributed by atoms with E-state index in [1.165, 1.54) is 48.5 Å². The van der Waals surface area contributed by atoms with Crippen molar-refractivity contribution < 1.29 is 27.2 Å².